The Morgan fingerprint density at radius 1 is 1.31 bits per heavy atom. The van der Waals surface area contributed by atoms with Crippen LogP contribution in [-0.2, 0) is 4.84 Å². The zero-order chi connectivity index (χ0) is 10.7. The highest BCUT2D eigenvalue weighted by Gasteiger charge is 1.99. The zero-order valence-electron chi connectivity index (χ0n) is 9.89. The molecule has 0 heterocycles. The fourth-order valence-corrected chi connectivity index (χ4v) is 0.765. The molecule has 2 nitrogen and oxygen atoms in total. The van der Waals surface area contributed by atoms with Gasteiger partial charge in [0, 0.05) is 13.1 Å². The van der Waals surface area contributed by atoms with E-state index < -0.39 is 0 Å². The maximum absolute atomic E-state index is 5.43. The summed E-state index contributed by atoms with van der Waals surface area (Å²) in [6, 6.07) is 0. The van der Waals surface area contributed by atoms with Gasteiger partial charge in [-0.3, -0.25) is 4.84 Å². The van der Waals surface area contributed by atoms with Gasteiger partial charge in [-0.25, -0.2) is 0 Å². The Kier molecular flexibility index (Phi) is 13.6. The van der Waals surface area contributed by atoms with Gasteiger partial charge in [-0.15, -0.1) is 0 Å². The molecule has 0 aromatic heterocycles. The molecule has 0 aromatic rings. The first-order valence-corrected chi connectivity index (χ1v) is 5.23. The van der Waals surface area contributed by atoms with E-state index in [1.165, 1.54) is 0 Å². The van der Waals surface area contributed by atoms with Crippen LogP contribution in [0.4, 0.5) is 0 Å². The minimum atomic E-state index is 0.647. The van der Waals surface area contributed by atoms with Gasteiger partial charge in [0.05, 0.1) is 6.61 Å². The molecule has 0 aliphatic heterocycles. The van der Waals surface area contributed by atoms with Crippen LogP contribution >= 0.6 is 0 Å². The smallest absolute Gasteiger partial charge is 0.0890 e. The van der Waals surface area contributed by atoms with Crippen molar-refractivity contribution in [1.82, 2.24) is 5.06 Å². The molecular formula is C11H25NO. The van der Waals surface area contributed by atoms with Gasteiger partial charge in [-0.2, -0.15) is 5.06 Å². The lowest BCUT2D eigenvalue weighted by Gasteiger charge is -2.18. The average molecular weight is 187 g/mol. The maximum atomic E-state index is 5.43. The van der Waals surface area contributed by atoms with Crippen molar-refractivity contribution < 1.29 is 4.84 Å². The topological polar surface area (TPSA) is 12.5 Å². The quantitative estimate of drug-likeness (QED) is 0.467. The van der Waals surface area contributed by atoms with E-state index in [-0.39, 0.29) is 0 Å². The first kappa shape index (κ1) is 15.1. The summed E-state index contributed by atoms with van der Waals surface area (Å²) >= 11 is 0. The van der Waals surface area contributed by atoms with Crippen molar-refractivity contribution >= 4 is 0 Å². The third kappa shape index (κ3) is 11.7. The predicted molar refractivity (Wildman–Crippen MR) is 59.7 cm³/mol. The number of hydrogen-bond donors (Lipinski definition) is 0. The molecule has 0 saturated heterocycles. The Labute approximate surface area is 83.5 Å². The highest BCUT2D eigenvalue weighted by atomic mass is 16.7. The summed E-state index contributed by atoms with van der Waals surface area (Å²) in [7, 11) is 0. The summed E-state index contributed by atoms with van der Waals surface area (Å²) in [5.74, 6) is 0. The molecule has 0 N–H and O–H groups in total. The minimum absolute atomic E-state index is 0.647. The molecule has 80 valence electrons. The maximum Gasteiger partial charge on any atom is 0.0890 e. The molecule has 0 spiro atoms. The van der Waals surface area contributed by atoms with Gasteiger partial charge in [0.15, 0.2) is 0 Å². The van der Waals surface area contributed by atoms with Crippen LogP contribution in [0.2, 0.25) is 0 Å². The summed E-state index contributed by atoms with van der Waals surface area (Å²) in [4.78, 5) is 5.43. The molecule has 0 aromatic carbocycles. The molecule has 0 rings (SSSR count). The van der Waals surface area contributed by atoms with Gasteiger partial charge in [0.2, 0.25) is 0 Å². The Morgan fingerprint density at radius 2 is 1.85 bits per heavy atom. The van der Waals surface area contributed by atoms with Crippen molar-refractivity contribution in [3.63, 3.8) is 0 Å². The lowest BCUT2D eigenvalue weighted by atomic mass is 10.4. The van der Waals surface area contributed by atoms with Crippen LogP contribution in [0.5, 0.6) is 0 Å². The van der Waals surface area contributed by atoms with Gasteiger partial charge in [0.25, 0.3) is 0 Å². The van der Waals surface area contributed by atoms with E-state index >= 15 is 0 Å². The summed E-state index contributed by atoms with van der Waals surface area (Å²) in [6.45, 7) is 16.6. The van der Waals surface area contributed by atoms with Crippen LogP contribution < -0.4 is 0 Å². The van der Waals surface area contributed by atoms with Gasteiger partial charge in [-0.1, -0.05) is 39.8 Å². The second-order valence-corrected chi connectivity index (χ2v) is 2.75. The summed E-state index contributed by atoms with van der Waals surface area (Å²) in [5.41, 5.74) is 1.07. The molecule has 0 bridgehead atoms. The van der Waals surface area contributed by atoms with Gasteiger partial charge >= 0.3 is 0 Å². The molecule has 0 fully saturated rings. The second kappa shape index (κ2) is 11.7. The molecular weight excluding hydrogens is 162 g/mol. The van der Waals surface area contributed by atoms with Crippen LogP contribution in [0.25, 0.3) is 0 Å². The normalized spacial score (nSPS) is 9.38. The number of hydroxylamine groups is 2. The zero-order valence-corrected chi connectivity index (χ0v) is 9.89. The second-order valence-electron chi connectivity index (χ2n) is 2.75. The number of rotatable bonds is 6. The van der Waals surface area contributed by atoms with Crippen LogP contribution in [0.15, 0.2) is 12.2 Å². The van der Waals surface area contributed by atoms with Crippen molar-refractivity contribution in [1.29, 1.82) is 0 Å². The average Bonchev–Trinajstić information content (AvgIpc) is 2.15. The van der Waals surface area contributed by atoms with Crippen molar-refractivity contribution in [3.8, 4) is 0 Å². The van der Waals surface area contributed by atoms with E-state index in [1.807, 2.05) is 25.8 Å². The van der Waals surface area contributed by atoms with Gasteiger partial charge < -0.3 is 0 Å². The third-order valence-electron chi connectivity index (χ3n) is 1.32. The summed E-state index contributed by atoms with van der Waals surface area (Å²) in [5, 5.41) is 1.97. The van der Waals surface area contributed by atoms with E-state index in [4.69, 9.17) is 4.84 Å². The lowest BCUT2D eigenvalue weighted by molar-refractivity contribution is -0.146. The van der Waals surface area contributed by atoms with Gasteiger partial charge in [0.1, 0.15) is 0 Å². The van der Waals surface area contributed by atoms with Crippen molar-refractivity contribution in [2.75, 3.05) is 19.7 Å². The van der Waals surface area contributed by atoms with E-state index in [1.54, 1.807) is 0 Å². The molecule has 2 heteroatoms. The highest BCUT2D eigenvalue weighted by molar-refractivity contribution is 4.86. The lowest BCUT2D eigenvalue weighted by Crippen LogP contribution is -2.25. The van der Waals surface area contributed by atoms with E-state index in [2.05, 4.69) is 20.4 Å². The molecule has 0 aliphatic rings. The van der Waals surface area contributed by atoms with Crippen LogP contribution in [0.1, 0.15) is 41.0 Å². The highest BCUT2D eigenvalue weighted by Crippen LogP contribution is 1.95. The molecule has 13 heavy (non-hydrogen) atoms. The minimum Gasteiger partial charge on any atom is -0.295 e. The first-order chi connectivity index (χ1) is 6.20. The van der Waals surface area contributed by atoms with E-state index in [0.717, 1.165) is 25.1 Å². The standard InChI is InChI=1S/C9H19NO.C2H6/c1-5-7-10(6-2)11-8-9(3)4;1-2/h3,5-8H2,1-2,4H3;1-2H3. The molecule has 0 unspecified atom stereocenters. The van der Waals surface area contributed by atoms with Crippen LogP contribution in [0, 0.1) is 0 Å². The third-order valence-corrected chi connectivity index (χ3v) is 1.32. The number of nitrogens with zero attached hydrogens (tertiary/aromatic N) is 1. The van der Waals surface area contributed by atoms with Crippen molar-refractivity contribution in [3.05, 3.63) is 12.2 Å². The summed E-state index contributed by atoms with van der Waals surface area (Å²) in [6.07, 6.45) is 1.13. The first-order valence-electron chi connectivity index (χ1n) is 5.23. The largest absolute Gasteiger partial charge is 0.295 e. The molecule has 0 radical (unpaired) electrons. The SMILES string of the molecule is C=C(C)CON(CC)CCC.CC. The van der Waals surface area contributed by atoms with Crippen molar-refractivity contribution in [2.45, 2.75) is 41.0 Å². The Morgan fingerprint density at radius 3 is 2.15 bits per heavy atom. The Balaban J connectivity index is 0. The molecule has 0 amide bonds. The Bertz CT molecular complexity index is 113. The van der Waals surface area contributed by atoms with E-state index in [9.17, 15) is 0 Å². The van der Waals surface area contributed by atoms with E-state index in [0.29, 0.717) is 6.61 Å². The summed E-state index contributed by atoms with van der Waals surface area (Å²) < 4.78 is 0. The monoisotopic (exact) mass is 187 g/mol. The fourth-order valence-electron chi connectivity index (χ4n) is 0.765. The number of hydrogen-bond acceptors (Lipinski definition) is 2. The molecule has 0 atom stereocenters. The van der Waals surface area contributed by atoms with Crippen molar-refractivity contribution in [2.24, 2.45) is 0 Å². The van der Waals surface area contributed by atoms with Gasteiger partial charge in [-0.05, 0) is 13.3 Å². The molecule has 0 aliphatic carbocycles. The Hall–Kier alpha value is -0.340. The fraction of sp³-hybridized carbons (Fsp3) is 0.818. The molecule has 0 saturated carbocycles. The predicted octanol–water partition coefficient (Wildman–Crippen LogP) is 3.25. The van der Waals surface area contributed by atoms with Crippen LogP contribution in [-0.4, -0.2) is 24.8 Å². The van der Waals surface area contributed by atoms with Crippen LogP contribution in [0.3, 0.4) is 0 Å².